The van der Waals surface area contributed by atoms with Gasteiger partial charge in [0, 0.05) is 6.54 Å². The third-order valence-electron chi connectivity index (χ3n) is 4.38. The number of methoxy groups -OCH3 is 1. The second-order valence-electron chi connectivity index (χ2n) is 6.72. The molecule has 0 fully saturated rings. The largest absolute Gasteiger partial charge is 0.495 e. The molecule has 0 aliphatic rings. The van der Waals surface area contributed by atoms with Crippen LogP contribution in [0.1, 0.15) is 16.9 Å². The van der Waals surface area contributed by atoms with Gasteiger partial charge in [-0.3, -0.25) is 4.79 Å². The van der Waals surface area contributed by atoms with E-state index in [0.29, 0.717) is 5.76 Å². The number of hydrogen-bond acceptors (Lipinski definition) is 6. The standard InChI is InChI=1S/C22H23N3O5S/c1-17-10-11-20(29-2)21(13-17)31(27,28)25(15-18-7-4-3-5-8-18)16-22(26)24-23-14-19-9-6-12-30-19/h3-14H,15-16H2,1-2H3,(H,24,26). The number of ether oxygens (including phenoxy) is 1. The summed E-state index contributed by atoms with van der Waals surface area (Å²) in [6.07, 6.45) is 2.81. The lowest BCUT2D eigenvalue weighted by Gasteiger charge is -2.23. The van der Waals surface area contributed by atoms with E-state index in [0.717, 1.165) is 15.4 Å². The number of aryl methyl sites for hydroxylation is 1. The number of carbonyl (C=O) groups is 1. The fraction of sp³-hybridized carbons (Fsp3) is 0.182. The molecule has 0 radical (unpaired) electrons. The van der Waals surface area contributed by atoms with Gasteiger partial charge in [-0.25, -0.2) is 13.8 Å². The topological polar surface area (TPSA) is 101 Å². The van der Waals surface area contributed by atoms with Crippen LogP contribution in [0, 0.1) is 6.92 Å². The van der Waals surface area contributed by atoms with Crippen LogP contribution in [0.4, 0.5) is 0 Å². The van der Waals surface area contributed by atoms with Crippen molar-refractivity contribution in [3.63, 3.8) is 0 Å². The summed E-state index contributed by atoms with van der Waals surface area (Å²) >= 11 is 0. The van der Waals surface area contributed by atoms with Crippen molar-refractivity contribution in [3.05, 3.63) is 83.8 Å². The zero-order valence-electron chi connectivity index (χ0n) is 17.2. The van der Waals surface area contributed by atoms with Crippen LogP contribution in [0.3, 0.4) is 0 Å². The lowest BCUT2D eigenvalue weighted by molar-refractivity contribution is -0.121. The molecular weight excluding hydrogens is 418 g/mol. The monoisotopic (exact) mass is 441 g/mol. The summed E-state index contributed by atoms with van der Waals surface area (Å²) in [6.45, 7) is 1.37. The van der Waals surface area contributed by atoms with Gasteiger partial charge in [-0.15, -0.1) is 0 Å². The zero-order chi connectivity index (χ0) is 22.3. The molecule has 0 aliphatic heterocycles. The van der Waals surface area contributed by atoms with Gasteiger partial charge in [-0.05, 0) is 42.3 Å². The van der Waals surface area contributed by atoms with E-state index in [9.17, 15) is 13.2 Å². The highest BCUT2D eigenvalue weighted by molar-refractivity contribution is 7.89. The number of hydrazone groups is 1. The third kappa shape index (κ3) is 5.80. The van der Waals surface area contributed by atoms with E-state index >= 15 is 0 Å². The van der Waals surface area contributed by atoms with Crippen LogP contribution in [0.5, 0.6) is 5.75 Å². The molecule has 31 heavy (non-hydrogen) atoms. The summed E-state index contributed by atoms with van der Waals surface area (Å²) in [5.74, 6) is 0.0763. The predicted octanol–water partition coefficient (Wildman–Crippen LogP) is 2.94. The Hall–Kier alpha value is -3.43. The Kier molecular flexibility index (Phi) is 7.22. The number of benzene rings is 2. The molecule has 3 aromatic rings. The second kappa shape index (κ2) is 10.1. The Morgan fingerprint density at radius 3 is 2.61 bits per heavy atom. The van der Waals surface area contributed by atoms with Crippen molar-refractivity contribution >= 4 is 22.1 Å². The van der Waals surface area contributed by atoms with Gasteiger partial charge in [0.25, 0.3) is 5.91 Å². The molecule has 0 saturated carbocycles. The summed E-state index contributed by atoms with van der Waals surface area (Å²) < 4.78 is 38.4. The second-order valence-corrected chi connectivity index (χ2v) is 8.63. The molecule has 0 atom stereocenters. The van der Waals surface area contributed by atoms with Crippen molar-refractivity contribution in [2.45, 2.75) is 18.4 Å². The molecule has 9 heteroatoms. The maximum atomic E-state index is 13.5. The van der Waals surface area contributed by atoms with Crippen molar-refractivity contribution in [1.29, 1.82) is 0 Å². The van der Waals surface area contributed by atoms with Crippen LogP contribution in [-0.2, 0) is 21.4 Å². The number of nitrogens with zero attached hydrogens (tertiary/aromatic N) is 2. The molecule has 0 unspecified atom stereocenters. The van der Waals surface area contributed by atoms with Crippen LogP contribution < -0.4 is 10.2 Å². The van der Waals surface area contributed by atoms with Crippen molar-refractivity contribution < 1.29 is 22.4 Å². The van der Waals surface area contributed by atoms with Crippen molar-refractivity contribution in [2.75, 3.05) is 13.7 Å². The molecule has 0 aliphatic carbocycles. The fourth-order valence-electron chi connectivity index (χ4n) is 2.87. The smallest absolute Gasteiger partial charge is 0.255 e. The number of furan rings is 1. The Balaban J connectivity index is 1.87. The highest BCUT2D eigenvalue weighted by Crippen LogP contribution is 2.28. The van der Waals surface area contributed by atoms with Crippen LogP contribution in [0.25, 0.3) is 0 Å². The van der Waals surface area contributed by atoms with E-state index in [-0.39, 0.29) is 17.2 Å². The first kappa shape index (κ1) is 22.3. The molecule has 0 bridgehead atoms. The van der Waals surface area contributed by atoms with Crippen molar-refractivity contribution in [2.24, 2.45) is 5.10 Å². The molecule has 3 rings (SSSR count). The van der Waals surface area contributed by atoms with Gasteiger partial charge in [0.15, 0.2) is 0 Å². The van der Waals surface area contributed by atoms with Crippen LogP contribution in [0.2, 0.25) is 0 Å². The first-order chi connectivity index (χ1) is 14.9. The normalized spacial score (nSPS) is 11.7. The van der Waals surface area contributed by atoms with E-state index in [2.05, 4.69) is 10.5 Å². The van der Waals surface area contributed by atoms with E-state index in [1.807, 2.05) is 6.07 Å². The van der Waals surface area contributed by atoms with E-state index < -0.39 is 22.5 Å². The minimum Gasteiger partial charge on any atom is -0.495 e. The fourth-order valence-corrected chi connectivity index (χ4v) is 4.49. The molecule has 1 N–H and O–H groups in total. The van der Waals surface area contributed by atoms with Crippen LogP contribution in [0.15, 0.2) is 81.3 Å². The molecule has 162 valence electrons. The minimum absolute atomic E-state index is 0.00202. The first-order valence-electron chi connectivity index (χ1n) is 9.44. The van der Waals surface area contributed by atoms with Gasteiger partial charge in [0.2, 0.25) is 10.0 Å². The number of carbonyl (C=O) groups excluding carboxylic acids is 1. The number of amides is 1. The Morgan fingerprint density at radius 2 is 1.94 bits per heavy atom. The number of sulfonamides is 1. The number of nitrogens with one attached hydrogen (secondary N) is 1. The maximum absolute atomic E-state index is 13.5. The van der Waals surface area contributed by atoms with Crippen molar-refractivity contribution in [1.82, 2.24) is 9.73 Å². The lowest BCUT2D eigenvalue weighted by Crippen LogP contribution is -2.39. The Labute approximate surface area is 181 Å². The highest BCUT2D eigenvalue weighted by atomic mass is 32.2. The molecule has 1 aromatic heterocycles. The van der Waals surface area contributed by atoms with E-state index in [1.165, 1.54) is 25.7 Å². The average molecular weight is 442 g/mol. The molecule has 0 saturated heterocycles. The third-order valence-corrected chi connectivity index (χ3v) is 6.20. The van der Waals surface area contributed by atoms with Crippen LogP contribution >= 0.6 is 0 Å². The van der Waals surface area contributed by atoms with Gasteiger partial charge in [-0.1, -0.05) is 36.4 Å². The molecule has 2 aromatic carbocycles. The van der Waals surface area contributed by atoms with E-state index in [4.69, 9.17) is 9.15 Å². The predicted molar refractivity (Wildman–Crippen MR) is 116 cm³/mol. The Morgan fingerprint density at radius 1 is 1.16 bits per heavy atom. The summed E-state index contributed by atoms with van der Waals surface area (Å²) in [5.41, 5.74) is 3.83. The molecule has 8 nitrogen and oxygen atoms in total. The zero-order valence-corrected chi connectivity index (χ0v) is 18.0. The molecule has 0 spiro atoms. The Bertz CT molecular complexity index is 1140. The van der Waals surface area contributed by atoms with Gasteiger partial charge in [0.05, 0.1) is 26.1 Å². The minimum atomic E-state index is -4.05. The van der Waals surface area contributed by atoms with Crippen molar-refractivity contribution in [3.8, 4) is 5.75 Å². The molecular formula is C22H23N3O5S. The van der Waals surface area contributed by atoms with Gasteiger partial charge < -0.3 is 9.15 Å². The summed E-state index contributed by atoms with van der Waals surface area (Å²) in [4.78, 5) is 12.5. The molecule has 1 amide bonds. The van der Waals surface area contributed by atoms with Gasteiger partial charge >= 0.3 is 0 Å². The van der Waals surface area contributed by atoms with E-state index in [1.54, 1.807) is 55.5 Å². The molecule has 1 heterocycles. The van der Waals surface area contributed by atoms with Crippen LogP contribution in [-0.4, -0.2) is 38.5 Å². The number of hydrogen-bond donors (Lipinski definition) is 1. The quantitative estimate of drug-likeness (QED) is 0.406. The average Bonchev–Trinajstić information content (AvgIpc) is 3.27. The SMILES string of the molecule is COc1ccc(C)cc1S(=O)(=O)N(CC(=O)NN=Cc1ccco1)Cc1ccccc1. The van der Waals surface area contributed by atoms with Gasteiger partial charge in [0.1, 0.15) is 16.4 Å². The highest BCUT2D eigenvalue weighted by Gasteiger charge is 2.30. The summed E-state index contributed by atoms with van der Waals surface area (Å²) in [7, 11) is -2.65. The summed E-state index contributed by atoms with van der Waals surface area (Å²) in [5, 5.41) is 3.81. The van der Waals surface area contributed by atoms with Gasteiger partial charge in [-0.2, -0.15) is 9.41 Å². The first-order valence-corrected chi connectivity index (χ1v) is 10.9. The maximum Gasteiger partial charge on any atom is 0.255 e. The lowest BCUT2D eigenvalue weighted by atomic mass is 10.2. The number of rotatable bonds is 9. The summed E-state index contributed by atoms with van der Waals surface area (Å²) in [6, 6.07) is 17.3.